The highest BCUT2D eigenvalue weighted by molar-refractivity contribution is 5.95. The van der Waals surface area contributed by atoms with E-state index in [4.69, 9.17) is 9.84 Å². The van der Waals surface area contributed by atoms with Crippen molar-refractivity contribution >= 4 is 23.8 Å². The van der Waals surface area contributed by atoms with Crippen molar-refractivity contribution in [3.63, 3.8) is 0 Å². The highest BCUT2D eigenvalue weighted by atomic mass is 16.6. The predicted molar refractivity (Wildman–Crippen MR) is 92.3 cm³/mol. The van der Waals surface area contributed by atoms with Gasteiger partial charge in [0.2, 0.25) is 0 Å². The normalized spacial score (nSPS) is 11.7. The molecule has 0 aromatic heterocycles. The van der Waals surface area contributed by atoms with E-state index in [2.05, 4.69) is 10.5 Å². The van der Waals surface area contributed by atoms with Crippen LogP contribution in [-0.2, 0) is 4.79 Å². The van der Waals surface area contributed by atoms with Gasteiger partial charge < -0.3 is 9.84 Å². The minimum absolute atomic E-state index is 0.107. The highest BCUT2D eigenvalue weighted by Gasteiger charge is 2.12. The van der Waals surface area contributed by atoms with Gasteiger partial charge in [-0.2, -0.15) is 5.10 Å². The molecule has 2 rings (SSSR count). The van der Waals surface area contributed by atoms with E-state index in [1.807, 2.05) is 0 Å². The topological polar surface area (TPSA) is 131 Å². The van der Waals surface area contributed by atoms with E-state index in [9.17, 15) is 19.7 Å². The lowest BCUT2D eigenvalue weighted by Gasteiger charge is -2.09. The van der Waals surface area contributed by atoms with Crippen molar-refractivity contribution in [2.75, 3.05) is 0 Å². The Morgan fingerprint density at radius 2 is 1.81 bits per heavy atom. The standard InChI is InChI=1S/C17H15N3O6/c1-11(17(22)23)26-15-8-2-12(3-9-15)10-18-19-16(21)13-4-6-14(7-5-13)20(24)25/h2-11H,1H3,(H,19,21)(H,22,23)/b18-10-/t11-/m1/s1. The summed E-state index contributed by atoms with van der Waals surface area (Å²) in [6.45, 7) is 1.42. The summed E-state index contributed by atoms with van der Waals surface area (Å²) < 4.78 is 5.20. The summed E-state index contributed by atoms with van der Waals surface area (Å²) in [5.41, 5.74) is 3.09. The van der Waals surface area contributed by atoms with Crippen molar-refractivity contribution < 1.29 is 24.4 Å². The van der Waals surface area contributed by atoms with E-state index in [0.29, 0.717) is 11.3 Å². The summed E-state index contributed by atoms with van der Waals surface area (Å²) in [4.78, 5) is 32.6. The Bertz CT molecular complexity index is 831. The predicted octanol–water partition coefficient (Wildman–Crippen LogP) is 2.21. The maximum absolute atomic E-state index is 11.9. The number of nitrogens with one attached hydrogen (secondary N) is 1. The molecule has 134 valence electrons. The second-order valence-corrected chi connectivity index (χ2v) is 5.17. The summed E-state index contributed by atoms with van der Waals surface area (Å²) >= 11 is 0. The van der Waals surface area contributed by atoms with Crippen LogP contribution in [0.4, 0.5) is 5.69 Å². The number of nitrogens with zero attached hydrogens (tertiary/aromatic N) is 2. The number of hydrogen-bond donors (Lipinski definition) is 2. The van der Waals surface area contributed by atoms with Gasteiger partial charge in [0.15, 0.2) is 6.10 Å². The molecule has 0 saturated heterocycles. The van der Waals surface area contributed by atoms with Gasteiger partial charge in [-0.3, -0.25) is 14.9 Å². The SMILES string of the molecule is C[C@@H](Oc1ccc(/C=N\NC(=O)c2ccc([N+](=O)[O-])cc2)cc1)C(=O)O. The molecule has 0 aliphatic carbocycles. The lowest BCUT2D eigenvalue weighted by Crippen LogP contribution is -2.22. The second-order valence-electron chi connectivity index (χ2n) is 5.17. The Labute approximate surface area is 148 Å². The molecular weight excluding hydrogens is 342 g/mol. The largest absolute Gasteiger partial charge is 0.479 e. The van der Waals surface area contributed by atoms with Crippen molar-refractivity contribution in [1.29, 1.82) is 0 Å². The van der Waals surface area contributed by atoms with Gasteiger partial charge in [-0.15, -0.1) is 0 Å². The third kappa shape index (κ3) is 5.13. The molecule has 9 heteroatoms. The van der Waals surface area contributed by atoms with Crippen molar-refractivity contribution in [1.82, 2.24) is 5.43 Å². The molecule has 2 aromatic carbocycles. The molecule has 0 fully saturated rings. The number of carbonyl (C=O) groups is 2. The monoisotopic (exact) mass is 357 g/mol. The fraction of sp³-hybridized carbons (Fsp3) is 0.118. The Hall–Kier alpha value is -3.75. The number of hydrazone groups is 1. The maximum Gasteiger partial charge on any atom is 0.344 e. The van der Waals surface area contributed by atoms with Crippen LogP contribution in [0.2, 0.25) is 0 Å². The average molecular weight is 357 g/mol. The van der Waals surface area contributed by atoms with Crippen molar-refractivity contribution in [3.05, 3.63) is 69.8 Å². The van der Waals surface area contributed by atoms with Gasteiger partial charge >= 0.3 is 5.97 Å². The quantitative estimate of drug-likeness (QED) is 0.444. The number of nitro groups is 1. The zero-order valence-electron chi connectivity index (χ0n) is 13.7. The minimum atomic E-state index is -1.07. The number of carboxylic acids is 1. The van der Waals surface area contributed by atoms with Gasteiger partial charge in [0, 0.05) is 17.7 Å². The van der Waals surface area contributed by atoms with Crippen LogP contribution in [0.3, 0.4) is 0 Å². The van der Waals surface area contributed by atoms with Crippen LogP contribution in [-0.4, -0.2) is 34.2 Å². The Morgan fingerprint density at radius 3 is 2.35 bits per heavy atom. The molecule has 2 N–H and O–H groups in total. The number of nitro benzene ring substituents is 1. The van der Waals surface area contributed by atoms with E-state index < -0.39 is 22.9 Å². The number of carboxylic acid groups (broad SMARTS) is 1. The number of ether oxygens (including phenoxy) is 1. The van der Waals surface area contributed by atoms with Gasteiger partial charge in [0.25, 0.3) is 11.6 Å². The molecule has 26 heavy (non-hydrogen) atoms. The zero-order chi connectivity index (χ0) is 19.1. The lowest BCUT2D eigenvalue weighted by atomic mass is 10.2. The molecule has 0 saturated carbocycles. The summed E-state index contributed by atoms with van der Waals surface area (Å²) in [5.74, 6) is -1.18. The molecule has 0 spiro atoms. The van der Waals surface area contributed by atoms with E-state index in [0.717, 1.165) is 0 Å². The Morgan fingerprint density at radius 1 is 1.19 bits per heavy atom. The first kappa shape index (κ1) is 18.6. The van der Waals surface area contributed by atoms with Crippen LogP contribution < -0.4 is 10.2 Å². The molecule has 0 bridgehead atoms. The van der Waals surface area contributed by atoms with E-state index in [1.54, 1.807) is 24.3 Å². The minimum Gasteiger partial charge on any atom is -0.479 e. The number of aliphatic carboxylic acids is 1. The molecule has 1 amide bonds. The Kier molecular flexibility index (Phi) is 5.99. The van der Waals surface area contributed by atoms with Crippen LogP contribution in [0, 0.1) is 10.1 Å². The summed E-state index contributed by atoms with van der Waals surface area (Å²) in [6.07, 6.45) is 0.434. The molecule has 0 heterocycles. The lowest BCUT2D eigenvalue weighted by molar-refractivity contribution is -0.384. The molecule has 2 aromatic rings. The van der Waals surface area contributed by atoms with Crippen LogP contribution in [0.5, 0.6) is 5.75 Å². The molecule has 0 unspecified atom stereocenters. The molecule has 0 aliphatic rings. The third-order valence-electron chi connectivity index (χ3n) is 3.26. The van der Waals surface area contributed by atoms with Crippen molar-refractivity contribution in [3.8, 4) is 5.75 Å². The molecule has 0 aliphatic heterocycles. The molecule has 9 nitrogen and oxygen atoms in total. The van der Waals surface area contributed by atoms with E-state index in [-0.39, 0.29) is 11.3 Å². The summed E-state index contributed by atoms with van der Waals surface area (Å²) in [6, 6.07) is 11.6. The van der Waals surface area contributed by atoms with Crippen molar-refractivity contribution in [2.24, 2.45) is 5.10 Å². The third-order valence-corrected chi connectivity index (χ3v) is 3.26. The number of amides is 1. The number of non-ortho nitro benzene ring substituents is 1. The highest BCUT2D eigenvalue weighted by Crippen LogP contribution is 2.13. The zero-order valence-corrected chi connectivity index (χ0v) is 13.7. The Balaban J connectivity index is 1.92. The molecular formula is C17H15N3O6. The smallest absolute Gasteiger partial charge is 0.344 e. The number of benzene rings is 2. The van der Waals surface area contributed by atoms with Gasteiger partial charge in [0.1, 0.15) is 5.75 Å². The van der Waals surface area contributed by atoms with Gasteiger partial charge in [0.05, 0.1) is 11.1 Å². The summed E-state index contributed by atoms with van der Waals surface area (Å²) in [7, 11) is 0. The summed E-state index contributed by atoms with van der Waals surface area (Å²) in [5, 5.41) is 23.2. The fourth-order valence-corrected chi connectivity index (χ4v) is 1.85. The van der Waals surface area contributed by atoms with Crippen LogP contribution >= 0.6 is 0 Å². The molecule has 1 atom stereocenters. The molecule has 0 radical (unpaired) electrons. The van der Waals surface area contributed by atoms with Crippen LogP contribution in [0.15, 0.2) is 53.6 Å². The van der Waals surface area contributed by atoms with E-state index in [1.165, 1.54) is 37.4 Å². The van der Waals surface area contributed by atoms with E-state index >= 15 is 0 Å². The number of carbonyl (C=O) groups excluding carboxylic acids is 1. The van der Waals surface area contributed by atoms with Gasteiger partial charge in [-0.25, -0.2) is 10.2 Å². The first-order valence-corrected chi connectivity index (χ1v) is 7.44. The second kappa shape index (κ2) is 8.38. The number of hydrogen-bond acceptors (Lipinski definition) is 6. The van der Waals surface area contributed by atoms with Crippen LogP contribution in [0.25, 0.3) is 0 Å². The maximum atomic E-state index is 11.9. The first-order valence-electron chi connectivity index (χ1n) is 7.44. The van der Waals surface area contributed by atoms with Crippen LogP contribution in [0.1, 0.15) is 22.8 Å². The van der Waals surface area contributed by atoms with Gasteiger partial charge in [-0.05, 0) is 48.9 Å². The first-order chi connectivity index (χ1) is 12.4. The fourth-order valence-electron chi connectivity index (χ4n) is 1.85. The van der Waals surface area contributed by atoms with Crippen molar-refractivity contribution in [2.45, 2.75) is 13.0 Å². The average Bonchev–Trinajstić information content (AvgIpc) is 2.63. The van der Waals surface area contributed by atoms with Gasteiger partial charge in [-0.1, -0.05) is 0 Å². The number of rotatable bonds is 7.